The van der Waals surface area contributed by atoms with Crippen LogP contribution in [0.2, 0.25) is 0 Å². The maximum Gasteiger partial charge on any atom is 0.472 e. The van der Waals surface area contributed by atoms with E-state index >= 15 is 0 Å². The molecule has 3 N–H and O–H groups in total. The molecule has 19 heteroatoms. The Balaban J connectivity index is 5.22. The molecular formula is C72H140O17P2. The van der Waals surface area contributed by atoms with Gasteiger partial charge in [-0.2, -0.15) is 0 Å². The summed E-state index contributed by atoms with van der Waals surface area (Å²) in [7, 11) is -9.90. The number of aliphatic hydroxyl groups excluding tert-OH is 1. The molecule has 0 aliphatic rings. The zero-order valence-electron chi connectivity index (χ0n) is 59.3. The monoisotopic (exact) mass is 1340 g/mol. The molecule has 7 atom stereocenters. The molecule has 0 spiro atoms. The van der Waals surface area contributed by atoms with Gasteiger partial charge in [0.05, 0.1) is 26.4 Å². The van der Waals surface area contributed by atoms with E-state index in [-0.39, 0.29) is 25.7 Å². The maximum absolute atomic E-state index is 13.0. The molecule has 0 aliphatic heterocycles. The number of rotatable bonds is 70. The van der Waals surface area contributed by atoms with E-state index in [0.29, 0.717) is 25.7 Å². The molecule has 91 heavy (non-hydrogen) atoms. The molecule has 17 nitrogen and oxygen atoms in total. The van der Waals surface area contributed by atoms with Crippen LogP contribution in [0, 0.1) is 17.8 Å². The van der Waals surface area contributed by atoms with Crippen molar-refractivity contribution < 1.29 is 80.2 Å². The van der Waals surface area contributed by atoms with Gasteiger partial charge in [-0.1, -0.05) is 312 Å². The SMILES string of the molecule is CCCCCCCCCCC(=O)OC[C@H](COP(=O)(O)OC[C@H](O)COP(=O)(O)OC[C@@H](COC(=O)CCCCCCCCCCCCC(C)C)OC(=O)CCCCCCCCCCCCCCCCC(C)CC)OC(=O)CCCCCCCCCCC(C)CC. The second-order valence-corrected chi connectivity index (χ2v) is 29.8. The Kier molecular flexibility index (Phi) is 61.5. The van der Waals surface area contributed by atoms with Crippen LogP contribution in [0.4, 0.5) is 0 Å². The molecule has 0 rings (SSSR count). The molecule has 0 aromatic carbocycles. The topological polar surface area (TPSA) is 237 Å². The number of phosphoric ester groups is 2. The number of esters is 4. The molecule has 0 aromatic rings. The van der Waals surface area contributed by atoms with Gasteiger partial charge in [0, 0.05) is 25.7 Å². The van der Waals surface area contributed by atoms with Crippen molar-refractivity contribution in [2.45, 2.75) is 381 Å². The van der Waals surface area contributed by atoms with Crippen LogP contribution in [0.1, 0.15) is 363 Å². The summed E-state index contributed by atoms with van der Waals surface area (Å²) in [4.78, 5) is 72.6. The van der Waals surface area contributed by atoms with E-state index in [1.54, 1.807) is 0 Å². The largest absolute Gasteiger partial charge is 0.472 e. The highest BCUT2D eigenvalue weighted by molar-refractivity contribution is 7.47. The van der Waals surface area contributed by atoms with Crippen LogP contribution in [0.15, 0.2) is 0 Å². The van der Waals surface area contributed by atoms with Crippen LogP contribution in [0.5, 0.6) is 0 Å². The number of unbranched alkanes of at least 4 members (excludes halogenated alkanes) is 36. The second kappa shape index (κ2) is 62.8. The van der Waals surface area contributed by atoms with Crippen LogP contribution in [-0.2, 0) is 65.4 Å². The predicted octanol–water partition coefficient (Wildman–Crippen LogP) is 20.6. The van der Waals surface area contributed by atoms with Gasteiger partial charge in [-0.3, -0.25) is 37.3 Å². The molecule has 0 aliphatic carbocycles. The summed E-state index contributed by atoms with van der Waals surface area (Å²) in [6.07, 6.45) is 47.1. The molecular weight excluding hydrogens is 1200 g/mol. The fourth-order valence-corrected chi connectivity index (χ4v) is 12.4. The third-order valence-corrected chi connectivity index (χ3v) is 19.3. The highest BCUT2D eigenvalue weighted by atomic mass is 31.2. The summed E-state index contributed by atoms with van der Waals surface area (Å²) in [5.74, 6) is 0.247. The van der Waals surface area contributed by atoms with Crippen molar-refractivity contribution in [2.24, 2.45) is 17.8 Å². The molecule has 0 saturated carbocycles. The lowest BCUT2D eigenvalue weighted by atomic mass is 9.99. The number of carbonyl (C=O) groups is 4. The van der Waals surface area contributed by atoms with E-state index in [9.17, 15) is 43.2 Å². The van der Waals surface area contributed by atoms with Gasteiger partial charge in [-0.25, -0.2) is 9.13 Å². The standard InChI is InChI=1S/C72H140O17P2/c1-8-11-12-13-14-32-39-46-53-69(74)82-59-67(89-72(77)56-49-42-35-28-27-31-38-45-52-65(7)10-3)61-86-90(78,79)84-57-66(73)58-85-91(80,81)87-62-68(60-83-70(75)54-47-40-33-25-22-21-23-29-36-43-50-63(4)5)88-71(76)55-48-41-34-26-20-18-16-15-17-19-24-30-37-44-51-64(6)9-2/h63-68,73H,8-62H2,1-7H3,(H,78,79)(H,80,81)/t64?,65?,66-,67+,68+/m0/s1. The first-order chi connectivity index (χ1) is 43.8. The normalized spacial score (nSPS) is 14.8. The van der Waals surface area contributed by atoms with Crippen molar-refractivity contribution >= 4 is 39.5 Å². The van der Waals surface area contributed by atoms with E-state index in [0.717, 1.165) is 114 Å². The van der Waals surface area contributed by atoms with Crippen LogP contribution < -0.4 is 0 Å². The molecule has 0 amide bonds. The molecule has 0 saturated heterocycles. The maximum atomic E-state index is 13.0. The van der Waals surface area contributed by atoms with Gasteiger partial charge >= 0.3 is 39.5 Å². The summed E-state index contributed by atoms with van der Waals surface area (Å²) in [6, 6.07) is 0. The Hall–Kier alpha value is -1.94. The van der Waals surface area contributed by atoms with Crippen molar-refractivity contribution in [1.29, 1.82) is 0 Å². The van der Waals surface area contributed by atoms with E-state index in [2.05, 4.69) is 48.5 Å². The molecule has 0 aromatic heterocycles. The fourth-order valence-electron chi connectivity index (χ4n) is 10.8. The van der Waals surface area contributed by atoms with Crippen molar-refractivity contribution in [3.8, 4) is 0 Å². The predicted molar refractivity (Wildman–Crippen MR) is 368 cm³/mol. The van der Waals surface area contributed by atoms with Crippen molar-refractivity contribution in [3.05, 3.63) is 0 Å². The van der Waals surface area contributed by atoms with Crippen molar-refractivity contribution in [1.82, 2.24) is 0 Å². The zero-order valence-corrected chi connectivity index (χ0v) is 61.1. The zero-order chi connectivity index (χ0) is 67.3. The number of hydrogen-bond donors (Lipinski definition) is 3. The van der Waals surface area contributed by atoms with E-state index in [1.165, 1.54) is 167 Å². The molecule has 540 valence electrons. The van der Waals surface area contributed by atoms with E-state index < -0.39 is 97.5 Å². The summed E-state index contributed by atoms with van der Waals surface area (Å²) in [5.41, 5.74) is 0. The molecule has 0 heterocycles. The van der Waals surface area contributed by atoms with Gasteiger partial charge in [-0.15, -0.1) is 0 Å². The first-order valence-electron chi connectivity index (χ1n) is 37.4. The molecule has 0 radical (unpaired) electrons. The number of hydrogen-bond acceptors (Lipinski definition) is 15. The van der Waals surface area contributed by atoms with Crippen molar-refractivity contribution in [2.75, 3.05) is 39.6 Å². The summed E-state index contributed by atoms with van der Waals surface area (Å²) in [6.45, 7) is 11.9. The first-order valence-corrected chi connectivity index (χ1v) is 40.4. The van der Waals surface area contributed by atoms with Crippen LogP contribution in [0.3, 0.4) is 0 Å². The minimum Gasteiger partial charge on any atom is -0.462 e. The average Bonchev–Trinajstić information content (AvgIpc) is 3.72. The third kappa shape index (κ3) is 63.9. The Bertz CT molecular complexity index is 1790. The van der Waals surface area contributed by atoms with E-state index in [4.69, 9.17) is 37.0 Å². The van der Waals surface area contributed by atoms with E-state index in [1.807, 2.05) is 0 Å². The van der Waals surface area contributed by atoms with Gasteiger partial charge in [0.25, 0.3) is 0 Å². The Morgan fingerprint density at radius 3 is 0.835 bits per heavy atom. The highest BCUT2D eigenvalue weighted by Crippen LogP contribution is 2.45. The minimum absolute atomic E-state index is 0.105. The fraction of sp³-hybridized carbons (Fsp3) is 0.944. The summed E-state index contributed by atoms with van der Waals surface area (Å²) in [5, 5.41) is 10.6. The summed E-state index contributed by atoms with van der Waals surface area (Å²) >= 11 is 0. The molecule has 4 unspecified atom stereocenters. The number of aliphatic hydroxyl groups is 1. The number of phosphoric acid groups is 2. The van der Waals surface area contributed by atoms with Gasteiger partial charge in [0.15, 0.2) is 12.2 Å². The highest BCUT2D eigenvalue weighted by Gasteiger charge is 2.30. The van der Waals surface area contributed by atoms with Gasteiger partial charge < -0.3 is 33.8 Å². The molecule has 0 fully saturated rings. The Labute approximate surface area is 556 Å². The smallest absolute Gasteiger partial charge is 0.462 e. The third-order valence-electron chi connectivity index (χ3n) is 17.4. The van der Waals surface area contributed by atoms with Crippen molar-refractivity contribution in [3.63, 3.8) is 0 Å². The quantitative estimate of drug-likeness (QED) is 0.0222. The van der Waals surface area contributed by atoms with Gasteiger partial charge in [0.1, 0.15) is 19.3 Å². The van der Waals surface area contributed by atoms with Gasteiger partial charge in [0.2, 0.25) is 0 Å². The lowest BCUT2D eigenvalue weighted by Gasteiger charge is -2.21. The molecule has 0 bridgehead atoms. The second-order valence-electron chi connectivity index (χ2n) is 26.9. The number of carbonyl (C=O) groups excluding carboxylic acids is 4. The van der Waals surface area contributed by atoms with Crippen LogP contribution in [-0.4, -0.2) is 96.7 Å². The lowest BCUT2D eigenvalue weighted by molar-refractivity contribution is -0.161. The number of ether oxygens (including phenoxy) is 4. The first kappa shape index (κ1) is 89.1. The Morgan fingerprint density at radius 1 is 0.319 bits per heavy atom. The average molecular weight is 1340 g/mol. The van der Waals surface area contributed by atoms with Crippen LogP contribution in [0.25, 0.3) is 0 Å². The minimum atomic E-state index is -4.95. The Morgan fingerprint density at radius 2 is 0.560 bits per heavy atom. The van der Waals surface area contributed by atoms with Crippen LogP contribution >= 0.6 is 15.6 Å². The lowest BCUT2D eigenvalue weighted by Crippen LogP contribution is -2.30. The summed E-state index contributed by atoms with van der Waals surface area (Å²) < 4.78 is 68.3. The van der Waals surface area contributed by atoms with Gasteiger partial charge in [-0.05, 0) is 43.4 Å².